The molecule has 0 aliphatic carbocycles. The number of likely N-dealkylation sites (tertiary alicyclic amines) is 2. The summed E-state index contributed by atoms with van der Waals surface area (Å²) in [7, 11) is 0. The van der Waals surface area contributed by atoms with E-state index in [-0.39, 0.29) is 11.8 Å². The van der Waals surface area contributed by atoms with Crippen molar-refractivity contribution in [1.29, 1.82) is 0 Å². The Morgan fingerprint density at radius 3 is 2.87 bits per heavy atom. The fourth-order valence-electron chi connectivity index (χ4n) is 3.71. The topological polar surface area (TPSA) is 72.3 Å². The second-order valence-corrected chi connectivity index (χ2v) is 6.55. The van der Waals surface area contributed by atoms with Gasteiger partial charge in [-0.3, -0.25) is 9.69 Å². The maximum atomic E-state index is 12.3. The van der Waals surface area contributed by atoms with Gasteiger partial charge >= 0.3 is 0 Å². The Morgan fingerprint density at radius 1 is 1.26 bits per heavy atom. The van der Waals surface area contributed by atoms with Gasteiger partial charge < -0.3 is 4.90 Å². The minimum absolute atomic E-state index is 0.183. The predicted molar refractivity (Wildman–Crippen MR) is 88.6 cm³/mol. The lowest BCUT2D eigenvalue weighted by Gasteiger charge is -2.37. The van der Waals surface area contributed by atoms with Crippen LogP contribution in [0.2, 0.25) is 0 Å². The number of hydrogen-bond acceptors (Lipinski definition) is 3. The van der Waals surface area contributed by atoms with Crippen molar-refractivity contribution in [1.82, 2.24) is 9.80 Å². The predicted octanol–water partition coefficient (Wildman–Crippen LogP) is 2.81. The molecule has 6 nitrogen and oxygen atoms in total. The normalized spacial score (nSPS) is 25.4. The lowest BCUT2D eigenvalue weighted by atomic mass is 10.0. The van der Waals surface area contributed by atoms with E-state index in [2.05, 4.69) is 39.2 Å². The SMILES string of the molecule is [N-]=[N+]=NCC1CC(=O)N(C2CCCN(Cc3ccccc3)C2)C1. The van der Waals surface area contributed by atoms with E-state index >= 15 is 0 Å². The number of hydrogen-bond donors (Lipinski definition) is 0. The Morgan fingerprint density at radius 2 is 2.09 bits per heavy atom. The second kappa shape index (κ2) is 7.49. The van der Waals surface area contributed by atoms with E-state index in [9.17, 15) is 4.79 Å². The summed E-state index contributed by atoms with van der Waals surface area (Å²) in [5.74, 6) is 0.401. The van der Waals surface area contributed by atoms with Crippen LogP contribution in [0.1, 0.15) is 24.8 Å². The highest BCUT2D eigenvalue weighted by Crippen LogP contribution is 2.25. The summed E-state index contributed by atoms with van der Waals surface area (Å²) in [6, 6.07) is 10.8. The highest BCUT2D eigenvalue weighted by atomic mass is 16.2. The smallest absolute Gasteiger partial charge is 0.223 e. The zero-order valence-corrected chi connectivity index (χ0v) is 13.3. The molecule has 3 rings (SSSR count). The van der Waals surface area contributed by atoms with Crippen LogP contribution >= 0.6 is 0 Å². The maximum absolute atomic E-state index is 12.3. The Bertz CT molecular complexity index is 584. The number of amides is 1. The fraction of sp³-hybridized carbons (Fsp3) is 0.588. The zero-order valence-electron chi connectivity index (χ0n) is 13.3. The van der Waals surface area contributed by atoms with Gasteiger partial charge in [-0.1, -0.05) is 35.4 Å². The van der Waals surface area contributed by atoms with Crippen LogP contribution in [0.3, 0.4) is 0 Å². The first kappa shape index (κ1) is 15.8. The van der Waals surface area contributed by atoms with Crippen molar-refractivity contribution < 1.29 is 4.79 Å². The molecule has 0 spiro atoms. The van der Waals surface area contributed by atoms with Crippen LogP contribution in [0.15, 0.2) is 35.4 Å². The standard InChI is InChI=1S/C17H23N5O/c18-20-19-10-15-9-17(23)22(12-15)16-7-4-8-21(13-16)11-14-5-2-1-3-6-14/h1-3,5-6,15-16H,4,7-13H2. The van der Waals surface area contributed by atoms with Crippen molar-refractivity contribution in [2.75, 3.05) is 26.2 Å². The molecule has 122 valence electrons. The first-order valence-electron chi connectivity index (χ1n) is 8.33. The van der Waals surface area contributed by atoms with E-state index in [4.69, 9.17) is 5.53 Å². The van der Waals surface area contributed by atoms with Crippen LogP contribution in [0, 0.1) is 5.92 Å². The van der Waals surface area contributed by atoms with Gasteiger partial charge in [0.25, 0.3) is 0 Å². The average Bonchev–Trinajstić information content (AvgIpc) is 2.95. The number of nitrogens with zero attached hydrogens (tertiary/aromatic N) is 5. The van der Waals surface area contributed by atoms with Crippen molar-refractivity contribution in [2.45, 2.75) is 31.8 Å². The largest absolute Gasteiger partial charge is 0.338 e. The first-order chi connectivity index (χ1) is 11.3. The van der Waals surface area contributed by atoms with Crippen LogP contribution in [0.25, 0.3) is 10.4 Å². The molecule has 1 aromatic rings. The Labute approximate surface area is 136 Å². The van der Waals surface area contributed by atoms with Gasteiger partial charge in [-0.25, -0.2) is 0 Å². The third kappa shape index (κ3) is 4.03. The van der Waals surface area contributed by atoms with Gasteiger partial charge in [0.05, 0.1) is 0 Å². The maximum Gasteiger partial charge on any atom is 0.223 e. The van der Waals surface area contributed by atoms with Gasteiger partial charge in [0.1, 0.15) is 0 Å². The molecule has 1 aromatic carbocycles. The molecule has 2 aliphatic heterocycles. The van der Waals surface area contributed by atoms with E-state index in [0.29, 0.717) is 19.0 Å². The van der Waals surface area contributed by atoms with Crippen LogP contribution in [-0.2, 0) is 11.3 Å². The molecule has 0 bridgehead atoms. The summed E-state index contributed by atoms with van der Waals surface area (Å²) >= 11 is 0. The molecule has 0 radical (unpaired) electrons. The van der Waals surface area contributed by atoms with Crippen LogP contribution in [0.4, 0.5) is 0 Å². The summed E-state index contributed by atoms with van der Waals surface area (Å²) in [4.78, 5) is 19.6. The number of rotatable bonds is 5. The molecular formula is C17H23N5O. The molecule has 23 heavy (non-hydrogen) atoms. The van der Waals surface area contributed by atoms with Crippen molar-refractivity contribution in [3.8, 4) is 0 Å². The van der Waals surface area contributed by atoms with E-state index in [1.54, 1.807) is 0 Å². The van der Waals surface area contributed by atoms with Crippen molar-refractivity contribution in [3.63, 3.8) is 0 Å². The monoisotopic (exact) mass is 313 g/mol. The third-order valence-corrected chi connectivity index (χ3v) is 4.81. The lowest BCUT2D eigenvalue weighted by Crippen LogP contribution is -2.48. The van der Waals surface area contributed by atoms with Gasteiger partial charge in [-0.05, 0) is 36.4 Å². The molecule has 2 heterocycles. The Balaban J connectivity index is 1.58. The molecule has 0 aromatic heterocycles. The lowest BCUT2D eigenvalue weighted by molar-refractivity contribution is -0.130. The van der Waals surface area contributed by atoms with Crippen molar-refractivity contribution in [2.24, 2.45) is 11.0 Å². The molecule has 2 fully saturated rings. The summed E-state index contributed by atoms with van der Waals surface area (Å²) in [5, 5.41) is 3.63. The molecule has 6 heteroatoms. The summed E-state index contributed by atoms with van der Waals surface area (Å²) < 4.78 is 0. The Kier molecular flexibility index (Phi) is 5.16. The molecule has 2 unspecified atom stereocenters. The molecule has 0 N–H and O–H groups in total. The average molecular weight is 313 g/mol. The van der Waals surface area contributed by atoms with E-state index in [1.807, 2.05) is 11.0 Å². The first-order valence-corrected chi connectivity index (χ1v) is 8.33. The number of piperidine rings is 1. The van der Waals surface area contributed by atoms with E-state index in [1.165, 1.54) is 5.56 Å². The quantitative estimate of drug-likeness (QED) is 0.476. The highest BCUT2D eigenvalue weighted by molar-refractivity contribution is 5.79. The van der Waals surface area contributed by atoms with Crippen LogP contribution in [0.5, 0.6) is 0 Å². The van der Waals surface area contributed by atoms with Gasteiger partial charge in [0, 0.05) is 43.6 Å². The molecule has 2 saturated heterocycles. The van der Waals surface area contributed by atoms with Crippen LogP contribution < -0.4 is 0 Å². The highest BCUT2D eigenvalue weighted by Gasteiger charge is 2.35. The minimum Gasteiger partial charge on any atom is -0.338 e. The number of benzene rings is 1. The summed E-state index contributed by atoms with van der Waals surface area (Å²) in [5.41, 5.74) is 9.76. The molecule has 2 aliphatic rings. The molecule has 1 amide bonds. The van der Waals surface area contributed by atoms with E-state index < -0.39 is 0 Å². The third-order valence-electron chi connectivity index (χ3n) is 4.81. The molecule has 2 atom stereocenters. The Hall–Kier alpha value is -2.04. The van der Waals surface area contributed by atoms with Crippen molar-refractivity contribution in [3.05, 3.63) is 46.3 Å². The van der Waals surface area contributed by atoms with Crippen LogP contribution in [-0.4, -0.2) is 47.9 Å². The van der Waals surface area contributed by atoms with Gasteiger partial charge in [-0.2, -0.15) is 0 Å². The van der Waals surface area contributed by atoms with Gasteiger partial charge in [-0.15, -0.1) is 0 Å². The van der Waals surface area contributed by atoms with E-state index in [0.717, 1.165) is 39.0 Å². The zero-order chi connectivity index (χ0) is 16.1. The molecule has 0 saturated carbocycles. The number of carbonyl (C=O) groups is 1. The second-order valence-electron chi connectivity index (χ2n) is 6.55. The number of azide groups is 1. The fourth-order valence-corrected chi connectivity index (χ4v) is 3.71. The van der Waals surface area contributed by atoms with Gasteiger partial charge in [0.2, 0.25) is 5.91 Å². The summed E-state index contributed by atoms with van der Waals surface area (Å²) in [6.07, 6.45) is 2.72. The number of carbonyl (C=O) groups excluding carboxylic acids is 1. The molecular weight excluding hydrogens is 290 g/mol. The summed E-state index contributed by atoms with van der Waals surface area (Å²) in [6.45, 7) is 4.15. The van der Waals surface area contributed by atoms with Crippen molar-refractivity contribution >= 4 is 5.91 Å². The van der Waals surface area contributed by atoms with Gasteiger partial charge in [0.15, 0.2) is 0 Å². The minimum atomic E-state index is 0.183.